The minimum absolute atomic E-state index is 0.0785. The Morgan fingerprint density at radius 1 is 1.30 bits per heavy atom. The molecule has 1 fully saturated rings. The highest BCUT2D eigenvalue weighted by atomic mass is 35.5. The van der Waals surface area contributed by atoms with Crippen LogP contribution in [0.4, 0.5) is 0 Å². The Morgan fingerprint density at radius 2 is 2.05 bits per heavy atom. The van der Waals surface area contributed by atoms with Gasteiger partial charge in [-0.3, -0.25) is 4.79 Å². The second kappa shape index (κ2) is 8.22. The molecule has 20 heavy (non-hydrogen) atoms. The van der Waals surface area contributed by atoms with Crippen LogP contribution in [0.25, 0.3) is 0 Å². The molecule has 0 spiro atoms. The highest BCUT2D eigenvalue weighted by Gasteiger charge is 2.09. The molecule has 0 saturated carbocycles. The molecule has 0 aliphatic carbocycles. The molecule has 0 atom stereocenters. The Bertz CT molecular complexity index is 431. The zero-order valence-electron chi connectivity index (χ0n) is 11.8. The summed E-state index contributed by atoms with van der Waals surface area (Å²) in [6.07, 6.45) is 7.87. The monoisotopic (exact) mass is 295 g/mol. The van der Waals surface area contributed by atoms with Crippen molar-refractivity contribution in [3.8, 4) is 0 Å². The third-order valence-electron chi connectivity index (χ3n) is 3.62. The molecule has 1 aliphatic rings. The van der Waals surface area contributed by atoms with Crippen LogP contribution < -0.4 is 5.32 Å². The van der Waals surface area contributed by atoms with Crippen molar-refractivity contribution in [2.75, 3.05) is 26.2 Å². The number of halogens is 1. The van der Waals surface area contributed by atoms with Gasteiger partial charge in [0.05, 0.1) is 0 Å². The lowest BCUT2D eigenvalue weighted by atomic mass is 10.2. The fourth-order valence-electron chi connectivity index (χ4n) is 2.51. The number of nitrogens with one attached hydrogen (secondary N) is 1. The number of amides is 1. The number of pyridine rings is 1. The summed E-state index contributed by atoms with van der Waals surface area (Å²) in [6.45, 7) is 4.18. The second-order valence-electron chi connectivity index (χ2n) is 5.23. The molecule has 0 radical (unpaired) electrons. The number of carbonyl (C=O) groups excluding carboxylic acids is 1. The summed E-state index contributed by atoms with van der Waals surface area (Å²) in [6, 6.07) is 3.27. The molecule has 0 bridgehead atoms. The summed E-state index contributed by atoms with van der Waals surface area (Å²) in [4.78, 5) is 18.3. The molecule has 0 unspecified atom stereocenters. The van der Waals surface area contributed by atoms with Crippen molar-refractivity contribution in [3.63, 3.8) is 0 Å². The summed E-state index contributed by atoms with van der Waals surface area (Å²) in [5, 5.41) is 3.28. The standard InChI is InChI=1S/C15H22ClN3O/c16-14-12-13(6-8-17-14)15(20)18-7-5-11-19-9-3-1-2-4-10-19/h6,8,12H,1-5,7,9-11H2,(H,18,20). The van der Waals surface area contributed by atoms with Gasteiger partial charge in [0, 0.05) is 18.3 Å². The number of likely N-dealkylation sites (tertiary alicyclic amines) is 1. The number of nitrogens with zero attached hydrogens (tertiary/aromatic N) is 2. The molecule has 1 aliphatic heterocycles. The zero-order chi connectivity index (χ0) is 14.2. The van der Waals surface area contributed by atoms with Crippen LogP contribution >= 0.6 is 11.6 Å². The van der Waals surface area contributed by atoms with E-state index in [9.17, 15) is 4.79 Å². The quantitative estimate of drug-likeness (QED) is 0.671. The molecule has 2 rings (SSSR count). The van der Waals surface area contributed by atoms with Crippen LogP contribution in [0.5, 0.6) is 0 Å². The Morgan fingerprint density at radius 3 is 2.75 bits per heavy atom. The highest BCUT2D eigenvalue weighted by Crippen LogP contribution is 2.10. The molecule has 1 saturated heterocycles. The fourth-order valence-corrected chi connectivity index (χ4v) is 2.68. The molecule has 4 nitrogen and oxygen atoms in total. The van der Waals surface area contributed by atoms with Crippen molar-refractivity contribution >= 4 is 17.5 Å². The lowest BCUT2D eigenvalue weighted by molar-refractivity contribution is 0.0951. The normalized spacial score (nSPS) is 16.6. The Kier molecular flexibility index (Phi) is 6.27. The van der Waals surface area contributed by atoms with Gasteiger partial charge >= 0.3 is 0 Å². The molecular formula is C15H22ClN3O. The minimum atomic E-state index is -0.0785. The van der Waals surface area contributed by atoms with Gasteiger partial charge in [-0.25, -0.2) is 4.98 Å². The number of rotatable bonds is 5. The molecule has 1 aromatic rings. The first kappa shape index (κ1) is 15.3. The zero-order valence-corrected chi connectivity index (χ0v) is 12.5. The van der Waals surface area contributed by atoms with Crippen molar-refractivity contribution in [2.24, 2.45) is 0 Å². The van der Waals surface area contributed by atoms with Crippen molar-refractivity contribution in [1.82, 2.24) is 15.2 Å². The van der Waals surface area contributed by atoms with E-state index in [1.54, 1.807) is 18.3 Å². The van der Waals surface area contributed by atoms with E-state index in [1.807, 2.05) is 0 Å². The topological polar surface area (TPSA) is 45.2 Å². The van der Waals surface area contributed by atoms with E-state index in [1.165, 1.54) is 38.8 Å². The third kappa shape index (κ3) is 5.10. The molecular weight excluding hydrogens is 274 g/mol. The van der Waals surface area contributed by atoms with Crippen LogP contribution in [0, 0.1) is 0 Å². The fraction of sp³-hybridized carbons (Fsp3) is 0.600. The first-order valence-corrected chi connectivity index (χ1v) is 7.75. The van der Waals surface area contributed by atoms with E-state index in [-0.39, 0.29) is 5.91 Å². The maximum absolute atomic E-state index is 11.9. The van der Waals surface area contributed by atoms with E-state index < -0.39 is 0 Å². The largest absolute Gasteiger partial charge is 0.352 e. The Hall–Kier alpha value is -1.13. The number of carbonyl (C=O) groups is 1. The lowest BCUT2D eigenvalue weighted by Crippen LogP contribution is -2.30. The first-order chi connectivity index (χ1) is 9.75. The van der Waals surface area contributed by atoms with Crippen LogP contribution in [-0.4, -0.2) is 42.0 Å². The molecule has 0 aromatic carbocycles. The third-order valence-corrected chi connectivity index (χ3v) is 3.83. The van der Waals surface area contributed by atoms with Crippen LogP contribution in [0.1, 0.15) is 42.5 Å². The van der Waals surface area contributed by atoms with Gasteiger partial charge in [-0.05, 0) is 51.0 Å². The summed E-state index contributed by atoms with van der Waals surface area (Å²) >= 11 is 5.77. The predicted molar refractivity (Wildman–Crippen MR) is 81.1 cm³/mol. The molecule has 1 aromatic heterocycles. The number of hydrogen-bond acceptors (Lipinski definition) is 3. The van der Waals surface area contributed by atoms with E-state index >= 15 is 0 Å². The van der Waals surface area contributed by atoms with E-state index in [2.05, 4.69) is 15.2 Å². The van der Waals surface area contributed by atoms with Gasteiger partial charge in [0.2, 0.25) is 0 Å². The Labute approximate surface area is 125 Å². The SMILES string of the molecule is O=C(NCCCN1CCCCCC1)c1ccnc(Cl)c1. The predicted octanol–water partition coefficient (Wildman–Crippen LogP) is 2.73. The van der Waals surface area contributed by atoms with Crippen molar-refractivity contribution in [1.29, 1.82) is 0 Å². The summed E-state index contributed by atoms with van der Waals surface area (Å²) in [5.74, 6) is -0.0785. The van der Waals surface area contributed by atoms with Crippen LogP contribution in [0.3, 0.4) is 0 Å². The van der Waals surface area contributed by atoms with E-state index in [4.69, 9.17) is 11.6 Å². The smallest absolute Gasteiger partial charge is 0.251 e. The van der Waals surface area contributed by atoms with Crippen LogP contribution in [-0.2, 0) is 0 Å². The van der Waals surface area contributed by atoms with Gasteiger partial charge in [-0.1, -0.05) is 24.4 Å². The molecule has 2 heterocycles. The van der Waals surface area contributed by atoms with E-state index in [0.717, 1.165) is 13.0 Å². The van der Waals surface area contributed by atoms with Crippen LogP contribution in [0.15, 0.2) is 18.3 Å². The van der Waals surface area contributed by atoms with Gasteiger partial charge in [0.25, 0.3) is 5.91 Å². The summed E-state index contributed by atoms with van der Waals surface area (Å²) in [5.41, 5.74) is 0.569. The molecule has 1 amide bonds. The Balaban J connectivity index is 1.66. The number of hydrogen-bond donors (Lipinski definition) is 1. The average Bonchev–Trinajstić information content (AvgIpc) is 2.72. The molecule has 110 valence electrons. The van der Waals surface area contributed by atoms with Crippen molar-refractivity contribution in [3.05, 3.63) is 29.0 Å². The maximum Gasteiger partial charge on any atom is 0.251 e. The molecule has 1 N–H and O–H groups in total. The summed E-state index contributed by atoms with van der Waals surface area (Å²) in [7, 11) is 0. The van der Waals surface area contributed by atoms with Gasteiger partial charge in [-0.15, -0.1) is 0 Å². The highest BCUT2D eigenvalue weighted by molar-refractivity contribution is 6.29. The second-order valence-corrected chi connectivity index (χ2v) is 5.62. The minimum Gasteiger partial charge on any atom is -0.352 e. The van der Waals surface area contributed by atoms with Crippen molar-refractivity contribution < 1.29 is 4.79 Å². The average molecular weight is 296 g/mol. The van der Waals surface area contributed by atoms with Crippen molar-refractivity contribution in [2.45, 2.75) is 32.1 Å². The first-order valence-electron chi connectivity index (χ1n) is 7.38. The maximum atomic E-state index is 11.9. The summed E-state index contributed by atoms with van der Waals surface area (Å²) < 4.78 is 0. The molecule has 5 heteroatoms. The van der Waals surface area contributed by atoms with Crippen LogP contribution in [0.2, 0.25) is 5.15 Å². The van der Waals surface area contributed by atoms with Gasteiger partial charge in [0.1, 0.15) is 5.15 Å². The van der Waals surface area contributed by atoms with E-state index in [0.29, 0.717) is 17.3 Å². The van der Waals surface area contributed by atoms with Gasteiger partial charge < -0.3 is 10.2 Å². The van der Waals surface area contributed by atoms with Gasteiger partial charge in [0.15, 0.2) is 0 Å². The lowest BCUT2D eigenvalue weighted by Gasteiger charge is -2.19. The number of aromatic nitrogens is 1. The van der Waals surface area contributed by atoms with Gasteiger partial charge in [-0.2, -0.15) is 0 Å².